The first-order valence-electron chi connectivity index (χ1n) is 5.26. The van der Waals surface area contributed by atoms with E-state index in [2.05, 4.69) is 9.97 Å². The van der Waals surface area contributed by atoms with Gasteiger partial charge >= 0.3 is 0 Å². The minimum atomic E-state index is -0.111. The van der Waals surface area contributed by atoms with E-state index in [0.29, 0.717) is 10.9 Å². The van der Waals surface area contributed by atoms with E-state index in [1.807, 2.05) is 24.3 Å². The van der Waals surface area contributed by atoms with Crippen LogP contribution in [0.3, 0.4) is 0 Å². The van der Waals surface area contributed by atoms with Crippen molar-refractivity contribution in [2.45, 2.75) is 10.9 Å². The second kappa shape index (κ2) is 5.59. The Morgan fingerprint density at radius 1 is 1.28 bits per heavy atom. The van der Waals surface area contributed by atoms with Crippen LogP contribution in [0.25, 0.3) is 0 Å². The number of hydrogen-bond acceptors (Lipinski definition) is 6. The highest BCUT2D eigenvalue weighted by molar-refractivity contribution is 7.98. The molecule has 0 spiro atoms. The fourth-order valence-corrected chi connectivity index (χ4v) is 2.18. The van der Waals surface area contributed by atoms with Crippen LogP contribution < -0.4 is 10.5 Å². The summed E-state index contributed by atoms with van der Waals surface area (Å²) < 4.78 is 5.08. The molecule has 0 aliphatic rings. The molecule has 0 bridgehead atoms. The molecule has 2 rings (SSSR count). The van der Waals surface area contributed by atoms with Crippen LogP contribution in [0.2, 0.25) is 0 Å². The van der Waals surface area contributed by atoms with E-state index in [4.69, 9.17) is 10.5 Å². The Labute approximate surface area is 109 Å². The van der Waals surface area contributed by atoms with Gasteiger partial charge in [-0.1, -0.05) is 23.9 Å². The maximum Gasteiger partial charge on any atom is 0.216 e. The van der Waals surface area contributed by atoms with E-state index in [0.717, 1.165) is 11.3 Å². The largest absolute Gasteiger partial charge is 0.497 e. The highest BCUT2D eigenvalue weighted by atomic mass is 32.2. The van der Waals surface area contributed by atoms with Gasteiger partial charge in [0.05, 0.1) is 7.11 Å². The van der Waals surface area contributed by atoms with Crippen molar-refractivity contribution in [2.75, 3.05) is 12.8 Å². The van der Waals surface area contributed by atoms with E-state index in [1.54, 1.807) is 7.11 Å². The third-order valence-corrected chi connectivity index (χ3v) is 3.16. The van der Waals surface area contributed by atoms with Crippen molar-refractivity contribution in [3.63, 3.8) is 0 Å². The minimum Gasteiger partial charge on any atom is -0.497 e. The van der Waals surface area contributed by atoms with Crippen LogP contribution in [0.4, 0.5) is 5.82 Å². The molecule has 0 radical (unpaired) electrons. The lowest BCUT2D eigenvalue weighted by Crippen LogP contribution is -1.94. The van der Waals surface area contributed by atoms with E-state index >= 15 is 0 Å². The van der Waals surface area contributed by atoms with Crippen molar-refractivity contribution in [3.05, 3.63) is 35.9 Å². The predicted molar refractivity (Wildman–Crippen MR) is 70.7 cm³/mol. The average molecular weight is 263 g/mol. The molecule has 2 aromatic rings. The van der Waals surface area contributed by atoms with E-state index in [-0.39, 0.29) is 11.7 Å². The first-order chi connectivity index (χ1) is 8.67. The lowest BCUT2D eigenvalue weighted by molar-refractivity contribution is 0.414. The molecule has 18 heavy (non-hydrogen) atoms. The topological polar surface area (TPSA) is 81.3 Å². The molecule has 1 aromatic carbocycles. The number of nitrogen functional groups attached to an aromatic ring is 1. The zero-order valence-corrected chi connectivity index (χ0v) is 10.6. The number of thioether (sulfide) groups is 1. The zero-order valence-electron chi connectivity index (χ0n) is 9.83. The monoisotopic (exact) mass is 263 g/mol. The van der Waals surface area contributed by atoms with Crippen LogP contribution in [0.1, 0.15) is 5.56 Å². The first-order valence-corrected chi connectivity index (χ1v) is 6.25. The molecule has 0 unspecified atom stereocenters. The quantitative estimate of drug-likeness (QED) is 0.649. The molecule has 6 heteroatoms. The number of rotatable bonds is 4. The van der Waals surface area contributed by atoms with E-state index in [1.165, 1.54) is 17.8 Å². The molecule has 0 fully saturated rings. The van der Waals surface area contributed by atoms with Crippen molar-refractivity contribution in [1.82, 2.24) is 9.97 Å². The fourth-order valence-electron chi connectivity index (χ4n) is 1.36. The van der Waals surface area contributed by atoms with Crippen LogP contribution in [0, 0.1) is 0 Å². The highest BCUT2D eigenvalue weighted by Crippen LogP contribution is 2.23. The van der Waals surface area contributed by atoms with Crippen LogP contribution in [-0.4, -0.2) is 22.2 Å². The van der Waals surface area contributed by atoms with Gasteiger partial charge < -0.3 is 15.6 Å². The van der Waals surface area contributed by atoms with Crippen LogP contribution in [0.15, 0.2) is 35.5 Å². The standard InChI is InChI=1S/C12H13N3O2S/c1-17-9-4-2-8(3-5-9)7-18-12-14-10(13)6-11(16)15-12/h2-6H,7H2,1H3,(H3,13,14,15,16). The van der Waals surface area contributed by atoms with Gasteiger partial charge in [-0.3, -0.25) is 0 Å². The zero-order chi connectivity index (χ0) is 13.0. The summed E-state index contributed by atoms with van der Waals surface area (Å²) in [4.78, 5) is 7.91. The molecular weight excluding hydrogens is 250 g/mol. The number of methoxy groups -OCH3 is 1. The normalized spacial score (nSPS) is 10.3. The van der Waals surface area contributed by atoms with Crippen molar-refractivity contribution < 1.29 is 9.84 Å². The van der Waals surface area contributed by atoms with E-state index < -0.39 is 0 Å². The molecule has 0 amide bonds. The molecule has 0 aliphatic carbocycles. The average Bonchev–Trinajstić information content (AvgIpc) is 2.36. The van der Waals surface area contributed by atoms with Crippen molar-refractivity contribution in [2.24, 2.45) is 0 Å². The SMILES string of the molecule is COc1ccc(CSc2nc(N)cc(O)n2)cc1. The Morgan fingerprint density at radius 2 is 2.00 bits per heavy atom. The number of nitrogens with two attached hydrogens (primary N) is 1. The summed E-state index contributed by atoms with van der Waals surface area (Å²) in [5.41, 5.74) is 6.64. The van der Waals surface area contributed by atoms with Gasteiger partial charge in [-0.05, 0) is 17.7 Å². The molecular formula is C12H13N3O2S. The molecule has 0 saturated heterocycles. The van der Waals surface area contributed by atoms with Gasteiger partial charge in [0, 0.05) is 11.8 Å². The Balaban J connectivity index is 2.01. The summed E-state index contributed by atoms with van der Waals surface area (Å²) in [5.74, 6) is 1.67. The second-order valence-corrected chi connectivity index (χ2v) is 4.51. The Hall–Kier alpha value is -1.95. The van der Waals surface area contributed by atoms with Crippen molar-refractivity contribution in [1.29, 1.82) is 0 Å². The van der Waals surface area contributed by atoms with Crippen LogP contribution >= 0.6 is 11.8 Å². The number of aromatic nitrogens is 2. The fraction of sp³-hybridized carbons (Fsp3) is 0.167. The number of anilines is 1. The second-order valence-electron chi connectivity index (χ2n) is 3.57. The lowest BCUT2D eigenvalue weighted by Gasteiger charge is -2.03. The molecule has 1 aromatic heterocycles. The van der Waals surface area contributed by atoms with Gasteiger partial charge in [-0.15, -0.1) is 0 Å². The molecule has 5 nitrogen and oxygen atoms in total. The molecule has 3 N–H and O–H groups in total. The molecule has 94 valence electrons. The Kier molecular flexibility index (Phi) is 3.88. The number of nitrogens with zero attached hydrogens (tertiary/aromatic N) is 2. The first kappa shape index (κ1) is 12.5. The van der Waals surface area contributed by atoms with Crippen molar-refractivity contribution in [3.8, 4) is 11.6 Å². The summed E-state index contributed by atoms with van der Waals surface area (Å²) in [6.07, 6.45) is 0. The van der Waals surface area contributed by atoms with Crippen LogP contribution in [-0.2, 0) is 5.75 Å². The molecule has 1 heterocycles. The van der Waals surface area contributed by atoms with Gasteiger partial charge in [0.2, 0.25) is 5.88 Å². The summed E-state index contributed by atoms with van der Waals surface area (Å²) >= 11 is 1.41. The van der Waals surface area contributed by atoms with Gasteiger partial charge in [0.15, 0.2) is 5.16 Å². The smallest absolute Gasteiger partial charge is 0.216 e. The van der Waals surface area contributed by atoms with E-state index in [9.17, 15) is 5.11 Å². The third-order valence-electron chi connectivity index (χ3n) is 2.24. The van der Waals surface area contributed by atoms with Gasteiger partial charge in [0.25, 0.3) is 0 Å². The Bertz CT molecular complexity index is 511. The lowest BCUT2D eigenvalue weighted by atomic mass is 10.2. The van der Waals surface area contributed by atoms with Crippen molar-refractivity contribution >= 4 is 17.6 Å². The van der Waals surface area contributed by atoms with Gasteiger partial charge in [-0.2, -0.15) is 4.98 Å². The summed E-state index contributed by atoms with van der Waals surface area (Å²) in [6, 6.07) is 9.05. The Morgan fingerprint density at radius 3 is 2.61 bits per heavy atom. The van der Waals surface area contributed by atoms with Gasteiger partial charge in [-0.25, -0.2) is 4.98 Å². The maximum absolute atomic E-state index is 9.30. The summed E-state index contributed by atoms with van der Waals surface area (Å²) in [7, 11) is 1.63. The molecule has 0 atom stereocenters. The number of aromatic hydroxyl groups is 1. The summed E-state index contributed by atoms with van der Waals surface area (Å²) in [5, 5.41) is 9.76. The minimum absolute atomic E-state index is 0.111. The maximum atomic E-state index is 9.30. The summed E-state index contributed by atoms with van der Waals surface area (Å²) in [6.45, 7) is 0. The number of hydrogen-bond donors (Lipinski definition) is 2. The number of ether oxygens (including phenoxy) is 1. The predicted octanol–water partition coefficient (Wildman–Crippen LogP) is 2.07. The number of benzene rings is 1. The van der Waals surface area contributed by atoms with Crippen LogP contribution in [0.5, 0.6) is 11.6 Å². The highest BCUT2D eigenvalue weighted by Gasteiger charge is 2.03. The molecule has 0 saturated carbocycles. The third kappa shape index (κ3) is 3.27. The van der Waals surface area contributed by atoms with Gasteiger partial charge in [0.1, 0.15) is 11.6 Å². The molecule has 0 aliphatic heterocycles.